The molecule has 7 heterocycles. The molecule has 3 N–H and O–H groups in total. The topological polar surface area (TPSA) is 190 Å². The average molecular weight is 794 g/mol. The number of hydrogen-bond acceptors (Lipinski definition) is 14. The van der Waals surface area contributed by atoms with E-state index in [1.165, 1.54) is 6.07 Å². The van der Waals surface area contributed by atoms with Gasteiger partial charge in [-0.3, -0.25) is 29.4 Å². The summed E-state index contributed by atoms with van der Waals surface area (Å²) in [6, 6.07) is 9.78. The van der Waals surface area contributed by atoms with Crippen LogP contribution in [0.15, 0.2) is 58.0 Å². The molecule has 1 unspecified atom stereocenters. The Bertz CT molecular complexity index is 2480. The summed E-state index contributed by atoms with van der Waals surface area (Å²) in [4.78, 5) is 72.7. The Morgan fingerprint density at radius 1 is 0.930 bits per heavy atom. The molecule has 3 fully saturated rings. The number of amides is 3. The van der Waals surface area contributed by atoms with Gasteiger partial charge < -0.3 is 34.3 Å². The van der Waals surface area contributed by atoms with Crippen LogP contribution >= 0.6 is 11.6 Å². The van der Waals surface area contributed by atoms with E-state index in [4.69, 9.17) is 31.2 Å². The highest BCUT2D eigenvalue weighted by Gasteiger charge is 2.41. The summed E-state index contributed by atoms with van der Waals surface area (Å²) in [6.07, 6.45) is 5.75. The number of nitrogens with zero attached hydrogens (tertiary/aromatic N) is 7. The van der Waals surface area contributed by atoms with Crippen LogP contribution in [0.1, 0.15) is 41.6 Å². The molecule has 17 heteroatoms. The zero-order valence-corrected chi connectivity index (χ0v) is 32.0. The van der Waals surface area contributed by atoms with Gasteiger partial charge in [0.05, 0.1) is 42.0 Å². The number of imide groups is 1. The van der Waals surface area contributed by atoms with Crippen LogP contribution in [-0.2, 0) is 16.1 Å². The predicted molar refractivity (Wildman–Crippen MR) is 212 cm³/mol. The van der Waals surface area contributed by atoms with Crippen molar-refractivity contribution in [2.75, 3.05) is 68.5 Å². The molecule has 0 radical (unpaired) electrons. The molecule has 0 spiro atoms. The van der Waals surface area contributed by atoms with Crippen LogP contribution in [0, 0.1) is 5.92 Å². The first kappa shape index (κ1) is 36.6. The number of piperidine rings is 2. The summed E-state index contributed by atoms with van der Waals surface area (Å²) < 4.78 is 17.6. The smallest absolute Gasteiger partial charge is 0.255 e. The maximum absolute atomic E-state index is 13.5. The number of aromatic nitrogens is 3. The molecule has 294 valence electrons. The highest BCUT2D eigenvalue weighted by Crippen LogP contribution is 2.38. The van der Waals surface area contributed by atoms with Crippen molar-refractivity contribution in [2.24, 2.45) is 5.92 Å². The number of anilines is 3. The number of hydrogen-bond donors (Lipinski definition) is 2. The van der Waals surface area contributed by atoms with Gasteiger partial charge in [-0.15, -0.1) is 0 Å². The third-order valence-electron chi connectivity index (χ3n) is 11.4. The van der Waals surface area contributed by atoms with E-state index in [9.17, 15) is 19.2 Å². The Morgan fingerprint density at radius 2 is 1.70 bits per heavy atom. The monoisotopic (exact) mass is 793 g/mol. The second-order valence-electron chi connectivity index (χ2n) is 14.9. The van der Waals surface area contributed by atoms with Gasteiger partial charge in [0.1, 0.15) is 17.4 Å². The van der Waals surface area contributed by atoms with Gasteiger partial charge in [-0.25, -0.2) is 15.0 Å². The van der Waals surface area contributed by atoms with E-state index in [-0.39, 0.29) is 63.3 Å². The van der Waals surface area contributed by atoms with Gasteiger partial charge in [0, 0.05) is 75.6 Å². The van der Waals surface area contributed by atoms with E-state index < -0.39 is 11.9 Å². The van der Waals surface area contributed by atoms with Crippen molar-refractivity contribution in [1.82, 2.24) is 30.1 Å². The van der Waals surface area contributed by atoms with E-state index in [0.29, 0.717) is 40.9 Å². The Balaban J connectivity index is 0.775. The number of ether oxygens (including phenoxy) is 2. The van der Waals surface area contributed by atoms with Crippen molar-refractivity contribution in [3.05, 3.63) is 75.2 Å². The SMILES string of the molecule is COc1cc(N2CCC(CN3CCN(c4ncc(Oc5cc6oc7cccc(Cl)c7c(=O)c6nc5N)cn4)CC3)CC2)cc2c1CN(C1CCC(=O)NC1=O)C2=O. The quantitative estimate of drug-likeness (QED) is 0.170. The molecule has 4 aliphatic heterocycles. The Morgan fingerprint density at radius 3 is 2.44 bits per heavy atom. The summed E-state index contributed by atoms with van der Waals surface area (Å²) in [5, 5.41) is 2.89. The summed E-state index contributed by atoms with van der Waals surface area (Å²) in [6.45, 7) is 6.36. The molecule has 0 saturated carbocycles. The maximum atomic E-state index is 13.5. The molecule has 0 aliphatic carbocycles. The maximum Gasteiger partial charge on any atom is 0.255 e. The molecule has 4 aliphatic rings. The lowest BCUT2D eigenvalue weighted by Gasteiger charge is -2.39. The number of fused-ring (bicyclic) bond motifs is 3. The lowest BCUT2D eigenvalue weighted by atomic mass is 9.95. The number of benzene rings is 2. The predicted octanol–water partition coefficient (Wildman–Crippen LogP) is 3.97. The number of rotatable bonds is 8. The second kappa shape index (κ2) is 14.8. The second-order valence-corrected chi connectivity index (χ2v) is 15.3. The fraction of sp³-hybridized carbons (Fsp3) is 0.375. The molecule has 3 amide bonds. The van der Waals surface area contributed by atoms with Crippen molar-refractivity contribution in [2.45, 2.75) is 38.3 Å². The van der Waals surface area contributed by atoms with Gasteiger partial charge in [-0.05, 0) is 43.4 Å². The molecule has 16 nitrogen and oxygen atoms in total. The van der Waals surface area contributed by atoms with Gasteiger partial charge >= 0.3 is 0 Å². The molecule has 1 atom stereocenters. The fourth-order valence-corrected chi connectivity index (χ4v) is 8.61. The van der Waals surface area contributed by atoms with Crippen LogP contribution in [0.3, 0.4) is 0 Å². The van der Waals surface area contributed by atoms with Gasteiger partial charge in [0.2, 0.25) is 23.2 Å². The average Bonchev–Trinajstić information content (AvgIpc) is 3.54. The first-order valence-corrected chi connectivity index (χ1v) is 19.4. The number of carbonyl (C=O) groups excluding carboxylic acids is 3. The van der Waals surface area contributed by atoms with Crippen LogP contribution in [0.25, 0.3) is 22.1 Å². The summed E-state index contributed by atoms with van der Waals surface area (Å²) >= 11 is 6.24. The minimum atomic E-state index is -0.668. The number of halogens is 1. The van der Waals surface area contributed by atoms with E-state index in [1.54, 1.807) is 42.6 Å². The number of nitrogens with one attached hydrogen (secondary N) is 1. The Labute approximate surface area is 331 Å². The Kier molecular flexibility index (Phi) is 9.52. The number of carbonyl (C=O) groups is 3. The standard InChI is InChI=1S/C40H40ClN9O7/c1-55-30-16-23(15-25-26(30)21-50(39(25)54)28-5-6-33(51)45-38(28)53)48-9-7-22(8-10-48)20-47-11-13-49(14-12-47)40-43-18-24(19-44-40)56-32-17-31-35(46-37(32)42)36(52)34-27(41)3-2-4-29(34)57-31/h2-4,15-19,22,28H,5-14,20-21H2,1H3,(H2,42,46)(H,45,51,53). The van der Waals surface area contributed by atoms with Crippen molar-refractivity contribution in [3.8, 4) is 17.2 Å². The molecule has 9 rings (SSSR count). The minimum Gasteiger partial charge on any atom is -0.496 e. The van der Waals surface area contributed by atoms with Crippen molar-refractivity contribution in [1.29, 1.82) is 0 Å². The lowest BCUT2D eigenvalue weighted by Crippen LogP contribution is -2.52. The minimum absolute atomic E-state index is 0.0205. The van der Waals surface area contributed by atoms with E-state index in [0.717, 1.165) is 69.9 Å². The van der Waals surface area contributed by atoms with Gasteiger partial charge in [-0.2, -0.15) is 0 Å². The molecule has 2 aromatic carbocycles. The highest BCUT2D eigenvalue weighted by atomic mass is 35.5. The molecular weight excluding hydrogens is 754 g/mol. The van der Waals surface area contributed by atoms with Crippen molar-refractivity contribution in [3.63, 3.8) is 0 Å². The summed E-state index contributed by atoms with van der Waals surface area (Å²) in [5.41, 5.74) is 8.70. The summed E-state index contributed by atoms with van der Waals surface area (Å²) in [5.74, 6) is 1.45. The number of piperazine rings is 1. The number of nitrogens with two attached hydrogens (primary N) is 1. The normalized spacial score (nSPS) is 19.4. The number of nitrogen functional groups attached to an aromatic ring is 1. The molecule has 57 heavy (non-hydrogen) atoms. The van der Waals surface area contributed by atoms with Crippen LogP contribution in [0.2, 0.25) is 5.02 Å². The van der Waals surface area contributed by atoms with Gasteiger partial charge in [0.15, 0.2) is 28.4 Å². The molecule has 3 saturated heterocycles. The third-order valence-corrected chi connectivity index (χ3v) is 11.7. The first-order chi connectivity index (χ1) is 27.6. The van der Waals surface area contributed by atoms with E-state index >= 15 is 0 Å². The van der Waals surface area contributed by atoms with Crippen LogP contribution in [0.5, 0.6) is 17.2 Å². The van der Waals surface area contributed by atoms with Crippen LogP contribution in [-0.4, -0.2) is 101 Å². The third kappa shape index (κ3) is 6.92. The largest absolute Gasteiger partial charge is 0.496 e. The summed E-state index contributed by atoms with van der Waals surface area (Å²) in [7, 11) is 1.60. The van der Waals surface area contributed by atoms with Crippen molar-refractivity contribution >= 4 is 68.8 Å². The van der Waals surface area contributed by atoms with Crippen LogP contribution < -0.4 is 35.8 Å². The Hall–Kier alpha value is -6.00. The van der Waals surface area contributed by atoms with Gasteiger partial charge in [0.25, 0.3) is 5.91 Å². The molecule has 0 bridgehead atoms. The molecular formula is C40H40ClN9O7. The van der Waals surface area contributed by atoms with Crippen LogP contribution in [0.4, 0.5) is 17.5 Å². The molecule has 3 aromatic heterocycles. The number of methoxy groups -OCH3 is 1. The first-order valence-electron chi connectivity index (χ1n) is 19.0. The van der Waals surface area contributed by atoms with E-state index in [2.05, 4.69) is 35.0 Å². The zero-order valence-electron chi connectivity index (χ0n) is 31.2. The van der Waals surface area contributed by atoms with Gasteiger partial charge in [-0.1, -0.05) is 17.7 Å². The highest BCUT2D eigenvalue weighted by molar-refractivity contribution is 6.35. The number of pyridine rings is 1. The van der Waals surface area contributed by atoms with Crippen molar-refractivity contribution < 1.29 is 28.3 Å². The molecule has 5 aromatic rings. The lowest BCUT2D eigenvalue weighted by molar-refractivity contribution is -0.136. The van der Waals surface area contributed by atoms with E-state index in [1.807, 2.05) is 12.1 Å². The fourth-order valence-electron chi connectivity index (χ4n) is 8.36. The zero-order chi connectivity index (χ0) is 39.4.